The molecule has 2 aromatic carbocycles. The van der Waals surface area contributed by atoms with Gasteiger partial charge in [0, 0.05) is 11.6 Å². The van der Waals surface area contributed by atoms with Crippen molar-refractivity contribution in [3.05, 3.63) is 67.9 Å². The maximum absolute atomic E-state index is 13.8. The smallest absolute Gasteiger partial charge is 0.305 e. The molecule has 0 aromatic heterocycles. The number of hydrogen-bond donors (Lipinski definition) is 0. The van der Waals surface area contributed by atoms with Crippen LogP contribution in [-0.4, -0.2) is 4.92 Å². The molecule has 0 radical (unpaired) electrons. The van der Waals surface area contributed by atoms with E-state index < -0.39 is 16.4 Å². The summed E-state index contributed by atoms with van der Waals surface area (Å²) in [4.78, 5) is 9.85. The number of halogens is 3. The van der Waals surface area contributed by atoms with E-state index in [1.165, 1.54) is 12.1 Å². The van der Waals surface area contributed by atoms with Crippen LogP contribution in [0, 0.1) is 15.9 Å². The number of rotatable bonds is 4. The van der Waals surface area contributed by atoms with E-state index >= 15 is 0 Å². The molecule has 0 saturated heterocycles. The van der Waals surface area contributed by atoms with Crippen LogP contribution in [0.4, 0.5) is 10.1 Å². The van der Waals surface area contributed by atoms with Crippen LogP contribution in [0.2, 0.25) is 10.0 Å². The second kappa shape index (κ2) is 6.07. The van der Waals surface area contributed by atoms with Crippen LogP contribution in [0.25, 0.3) is 0 Å². The zero-order valence-electron chi connectivity index (χ0n) is 9.98. The van der Waals surface area contributed by atoms with E-state index in [2.05, 4.69) is 0 Å². The van der Waals surface area contributed by atoms with Crippen molar-refractivity contribution in [3.63, 3.8) is 0 Å². The van der Waals surface area contributed by atoms with Crippen molar-refractivity contribution in [2.45, 2.75) is 6.61 Å². The van der Waals surface area contributed by atoms with Gasteiger partial charge in [-0.15, -0.1) is 0 Å². The number of benzene rings is 2. The molecule has 0 fully saturated rings. The molecule has 0 spiro atoms. The lowest BCUT2D eigenvalue weighted by Gasteiger charge is -2.10. The average molecular weight is 316 g/mol. The van der Waals surface area contributed by atoms with E-state index in [-0.39, 0.29) is 28.0 Å². The Morgan fingerprint density at radius 2 is 1.75 bits per heavy atom. The molecule has 0 unspecified atom stereocenters. The monoisotopic (exact) mass is 315 g/mol. The van der Waals surface area contributed by atoms with Gasteiger partial charge in [0.2, 0.25) is 5.82 Å². The summed E-state index contributed by atoms with van der Waals surface area (Å²) >= 11 is 11.8. The molecule has 0 aliphatic heterocycles. The first-order valence-electron chi connectivity index (χ1n) is 5.49. The van der Waals surface area contributed by atoms with Crippen molar-refractivity contribution in [3.8, 4) is 5.75 Å². The first kappa shape index (κ1) is 14.6. The minimum atomic E-state index is -0.930. The Balaban J connectivity index is 2.24. The number of nitrogens with zero attached hydrogens (tertiary/aromatic N) is 1. The Hall–Kier alpha value is -1.85. The van der Waals surface area contributed by atoms with Crippen molar-refractivity contribution in [1.29, 1.82) is 0 Å². The molecule has 104 valence electrons. The maximum atomic E-state index is 13.8. The second-order valence-electron chi connectivity index (χ2n) is 3.85. The van der Waals surface area contributed by atoms with Gasteiger partial charge < -0.3 is 4.74 Å². The summed E-state index contributed by atoms with van der Waals surface area (Å²) in [6.07, 6.45) is 0. The topological polar surface area (TPSA) is 52.4 Å². The number of ether oxygens (including phenoxy) is 1. The molecule has 0 heterocycles. The molecule has 2 aromatic rings. The Morgan fingerprint density at radius 1 is 1.15 bits per heavy atom. The third-order valence-electron chi connectivity index (χ3n) is 2.55. The molecule has 0 aliphatic carbocycles. The largest absolute Gasteiger partial charge is 0.486 e. The van der Waals surface area contributed by atoms with Gasteiger partial charge in [-0.25, -0.2) is 0 Å². The summed E-state index contributed by atoms with van der Waals surface area (Å²) in [5.41, 5.74) is -0.549. The van der Waals surface area contributed by atoms with E-state index in [0.717, 1.165) is 6.07 Å². The Labute approximate surface area is 123 Å². The number of hydrogen-bond acceptors (Lipinski definition) is 3. The molecule has 7 heteroatoms. The van der Waals surface area contributed by atoms with Crippen LogP contribution >= 0.6 is 23.2 Å². The number of nitro benzene ring substituents is 1. The summed E-state index contributed by atoms with van der Waals surface area (Å²) in [5.74, 6) is -0.720. The number of nitro groups is 1. The number of para-hydroxylation sites is 1. The van der Waals surface area contributed by atoms with Crippen LogP contribution in [-0.2, 0) is 6.61 Å². The fourth-order valence-electron chi connectivity index (χ4n) is 1.59. The van der Waals surface area contributed by atoms with Crippen LogP contribution in [0.3, 0.4) is 0 Å². The van der Waals surface area contributed by atoms with Gasteiger partial charge in [0.05, 0.1) is 15.0 Å². The van der Waals surface area contributed by atoms with Crippen molar-refractivity contribution < 1.29 is 14.1 Å². The second-order valence-corrected chi connectivity index (χ2v) is 4.66. The van der Waals surface area contributed by atoms with Crippen LogP contribution in [0.5, 0.6) is 5.75 Å². The van der Waals surface area contributed by atoms with Crippen LogP contribution in [0.15, 0.2) is 36.4 Å². The fraction of sp³-hybridized carbons (Fsp3) is 0.0769. The maximum Gasteiger partial charge on any atom is 0.305 e. The van der Waals surface area contributed by atoms with Gasteiger partial charge in [-0.05, 0) is 12.1 Å². The highest BCUT2D eigenvalue weighted by Crippen LogP contribution is 2.33. The zero-order chi connectivity index (χ0) is 14.7. The third kappa shape index (κ3) is 3.00. The lowest BCUT2D eigenvalue weighted by atomic mass is 10.2. The molecule has 0 N–H and O–H groups in total. The minimum Gasteiger partial charge on any atom is -0.486 e. The third-order valence-corrected chi connectivity index (χ3v) is 3.14. The molecule has 0 bridgehead atoms. The van der Waals surface area contributed by atoms with Gasteiger partial charge >= 0.3 is 5.69 Å². The van der Waals surface area contributed by atoms with Crippen LogP contribution < -0.4 is 4.74 Å². The minimum absolute atomic E-state index is 0.0511. The summed E-state index contributed by atoms with van der Waals surface area (Å²) in [5, 5.41) is 11.2. The molecule has 4 nitrogen and oxygen atoms in total. The molecule has 0 atom stereocenters. The molecule has 0 saturated carbocycles. The normalized spacial score (nSPS) is 10.3. The van der Waals surface area contributed by atoms with E-state index in [4.69, 9.17) is 27.9 Å². The molecular weight excluding hydrogens is 308 g/mol. The van der Waals surface area contributed by atoms with E-state index in [9.17, 15) is 14.5 Å². The van der Waals surface area contributed by atoms with E-state index in [1.807, 2.05) is 0 Å². The van der Waals surface area contributed by atoms with Gasteiger partial charge in [0.15, 0.2) is 5.75 Å². The first-order valence-corrected chi connectivity index (χ1v) is 6.25. The summed E-state index contributed by atoms with van der Waals surface area (Å²) in [6.45, 7) is -0.211. The highest BCUT2D eigenvalue weighted by Gasteiger charge is 2.18. The highest BCUT2D eigenvalue weighted by molar-refractivity contribution is 6.37. The van der Waals surface area contributed by atoms with Gasteiger partial charge in [0.25, 0.3) is 0 Å². The molecule has 0 aliphatic rings. The van der Waals surface area contributed by atoms with Crippen LogP contribution in [0.1, 0.15) is 5.56 Å². The fourth-order valence-corrected chi connectivity index (χ4v) is 2.10. The van der Waals surface area contributed by atoms with Crippen molar-refractivity contribution in [2.75, 3.05) is 0 Å². The van der Waals surface area contributed by atoms with Crippen molar-refractivity contribution in [1.82, 2.24) is 0 Å². The van der Waals surface area contributed by atoms with E-state index in [1.54, 1.807) is 18.2 Å². The SMILES string of the molecule is O=[N+]([O-])c1cccc(COc2c(Cl)cccc2Cl)c1F. The van der Waals surface area contributed by atoms with Gasteiger partial charge in [-0.3, -0.25) is 10.1 Å². The summed E-state index contributed by atoms with van der Waals surface area (Å²) < 4.78 is 19.2. The summed E-state index contributed by atoms with van der Waals surface area (Å²) in [6, 6.07) is 8.66. The highest BCUT2D eigenvalue weighted by atomic mass is 35.5. The quantitative estimate of drug-likeness (QED) is 0.611. The molecule has 20 heavy (non-hydrogen) atoms. The zero-order valence-corrected chi connectivity index (χ0v) is 11.5. The van der Waals surface area contributed by atoms with Gasteiger partial charge in [0.1, 0.15) is 6.61 Å². The predicted octanol–water partition coefficient (Wildman–Crippen LogP) is 4.62. The van der Waals surface area contributed by atoms with Gasteiger partial charge in [-0.1, -0.05) is 41.4 Å². The summed E-state index contributed by atoms with van der Waals surface area (Å²) in [7, 11) is 0. The Morgan fingerprint density at radius 3 is 2.35 bits per heavy atom. The Kier molecular flexibility index (Phi) is 4.42. The molecule has 0 amide bonds. The first-order chi connectivity index (χ1) is 9.50. The van der Waals surface area contributed by atoms with Gasteiger partial charge in [-0.2, -0.15) is 4.39 Å². The van der Waals surface area contributed by atoms with E-state index in [0.29, 0.717) is 0 Å². The average Bonchev–Trinajstić information content (AvgIpc) is 2.39. The standard InChI is InChI=1S/C13H8Cl2FNO3/c14-9-4-2-5-10(15)13(9)20-7-8-3-1-6-11(12(8)16)17(18)19/h1-6H,7H2. The predicted molar refractivity (Wildman–Crippen MR) is 73.8 cm³/mol. The molecule has 2 rings (SSSR count). The van der Waals surface area contributed by atoms with Crippen molar-refractivity contribution >= 4 is 28.9 Å². The Bertz CT molecular complexity index is 644. The van der Waals surface area contributed by atoms with Crippen molar-refractivity contribution in [2.24, 2.45) is 0 Å². The lowest BCUT2D eigenvalue weighted by molar-refractivity contribution is -0.387. The lowest BCUT2D eigenvalue weighted by Crippen LogP contribution is -2.02. The molecular formula is C13H8Cl2FNO3.